The van der Waals surface area contributed by atoms with Crippen molar-refractivity contribution >= 4 is 51.7 Å². The van der Waals surface area contributed by atoms with Crippen molar-refractivity contribution < 1.29 is 4.79 Å². The van der Waals surface area contributed by atoms with Gasteiger partial charge >= 0.3 is 0 Å². The first kappa shape index (κ1) is 24.0. The number of thioether (sulfide) groups is 1. The normalized spacial score (nSPS) is 14.7. The smallest absolute Gasteiger partial charge is 0.267 e. The van der Waals surface area contributed by atoms with Gasteiger partial charge in [0.1, 0.15) is 15.8 Å². The molecule has 1 amide bonds. The predicted octanol–water partition coefficient (Wildman–Crippen LogP) is 4.79. The van der Waals surface area contributed by atoms with Gasteiger partial charge in [0.25, 0.3) is 11.5 Å². The Kier molecular flexibility index (Phi) is 7.25. The van der Waals surface area contributed by atoms with E-state index in [1.807, 2.05) is 54.6 Å². The van der Waals surface area contributed by atoms with E-state index in [0.717, 1.165) is 12.0 Å². The van der Waals surface area contributed by atoms with Gasteiger partial charge in [0, 0.05) is 19.3 Å². The van der Waals surface area contributed by atoms with Crippen LogP contribution in [0, 0.1) is 0 Å². The first-order chi connectivity index (χ1) is 17.6. The summed E-state index contributed by atoms with van der Waals surface area (Å²) in [6.07, 6.45) is 4.78. The van der Waals surface area contributed by atoms with Gasteiger partial charge in [0.2, 0.25) is 0 Å². The van der Waals surface area contributed by atoms with E-state index in [1.54, 1.807) is 29.3 Å². The molecule has 0 saturated carbocycles. The lowest BCUT2D eigenvalue weighted by atomic mass is 10.1. The van der Waals surface area contributed by atoms with Crippen molar-refractivity contribution in [3.63, 3.8) is 0 Å². The molecule has 3 heterocycles. The molecule has 1 aliphatic heterocycles. The van der Waals surface area contributed by atoms with E-state index in [0.29, 0.717) is 45.8 Å². The molecule has 6 nitrogen and oxygen atoms in total. The highest BCUT2D eigenvalue weighted by Gasteiger charge is 2.32. The second-order valence-electron chi connectivity index (χ2n) is 8.34. The standard InChI is InChI=1S/C28H24N4O2S2/c33-26-22(19-23-27(34)32(28(35)36-23)18-15-21-11-5-2-6-12-21)25(30-24-13-7-8-17-31(24)26)29-16-14-20-9-3-1-4-10-20/h1-13,17,19,29H,14-16,18H2. The number of carbonyl (C=O) groups excluding carboxylic acids is 1. The molecule has 5 rings (SSSR count). The number of rotatable bonds is 8. The van der Waals surface area contributed by atoms with Crippen molar-refractivity contribution in [1.82, 2.24) is 14.3 Å². The summed E-state index contributed by atoms with van der Waals surface area (Å²) in [5, 5.41) is 3.32. The Morgan fingerprint density at radius 1 is 0.889 bits per heavy atom. The molecule has 0 unspecified atom stereocenters. The first-order valence-electron chi connectivity index (χ1n) is 11.7. The largest absolute Gasteiger partial charge is 0.369 e. The van der Waals surface area contributed by atoms with Gasteiger partial charge in [-0.05, 0) is 42.2 Å². The Labute approximate surface area is 218 Å². The zero-order valence-electron chi connectivity index (χ0n) is 19.5. The third-order valence-corrected chi connectivity index (χ3v) is 7.31. The van der Waals surface area contributed by atoms with E-state index in [1.165, 1.54) is 21.7 Å². The number of anilines is 1. The highest BCUT2D eigenvalue weighted by atomic mass is 32.2. The minimum atomic E-state index is -0.239. The van der Waals surface area contributed by atoms with Crippen LogP contribution < -0.4 is 10.9 Å². The molecule has 1 fully saturated rings. The summed E-state index contributed by atoms with van der Waals surface area (Å²) in [6.45, 7) is 1.08. The fourth-order valence-electron chi connectivity index (χ4n) is 4.05. The number of pyridine rings is 1. The molecule has 4 aromatic rings. The summed E-state index contributed by atoms with van der Waals surface area (Å²) in [7, 11) is 0. The fourth-order valence-corrected chi connectivity index (χ4v) is 5.34. The van der Waals surface area contributed by atoms with Gasteiger partial charge in [-0.3, -0.25) is 18.9 Å². The molecule has 8 heteroatoms. The number of fused-ring (bicyclic) bond motifs is 1. The highest BCUT2D eigenvalue weighted by molar-refractivity contribution is 8.26. The summed E-state index contributed by atoms with van der Waals surface area (Å²) in [5.41, 5.74) is 2.96. The first-order valence-corrected chi connectivity index (χ1v) is 12.9. The lowest BCUT2D eigenvalue weighted by Crippen LogP contribution is -2.30. The highest BCUT2D eigenvalue weighted by Crippen LogP contribution is 2.33. The van der Waals surface area contributed by atoms with Crippen molar-refractivity contribution in [3.8, 4) is 0 Å². The molecule has 180 valence electrons. The second kappa shape index (κ2) is 10.9. The van der Waals surface area contributed by atoms with Crippen molar-refractivity contribution in [3.05, 3.63) is 117 Å². The number of hydrogen-bond donors (Lipinski definition) is 1. The quantitative estimate of drug-likeness (QED) is 0.270. The maximum atomic E-state index is 13.4. The summed E-state index contributed by atoms with van der Waals surface area (Å²) in [5.74, 6) is 0.269. The van der Waals surface area contributed by atoms with Gasteiger partial charge in [0.15, 0.2) is 0 Å². The van der Waals surface area contributed by atoms with E-state index in [-0.39, 0.29) is 11.5 Å². The molecule has 36 heavy (non-hydrogen) atoms. The van der Waals surface area contributed by atoms with E-state index in [9.17, 15) is 9.59 Å². The van der Waals surface area contributed by atoms with Crippen LogP contribution in [0.25, 0.3) is 11.7 Å². The van der Waals surface area contributed by atoms with E-state index in [4.69, 9.17) is 12.2 Å². The molecule has 0 radical (unpaired) electrons. The van der Waals surface area contributed by atoms with Crippen LogP contribution >= 0.6 is 24.0 Å². The molecule has 1 N–H and O–H groups in total. The molecular weight excluding hydrogens is 488 g/mol. The van der Waals surface area contributed by atoms with E-state index < -0.39 is 0 Å². The van der Waals surface area contributed by atoms with Gasteiger partial charge in [-0.1, -0.05) is 90.7 Å². The molecule has 2 aromatic carbocycles. The van der Waals surface area contributed by atoms with Gasteiger partial charge < -0.3 is 5.32 Å². The summed E-state index contributed by atoms with van der Waals surface area (Å²) in [6, 6.07) is 25.5. The number of nitrogens with one attached hydrogen (secondary N) is 1. The predicted molar refractivity (Wildman–Crippen MR) is 150 cm³/mol. The monoisotopic (exact) mass is 512 g/mol. The van der Waals surface area contributed by atoms with E-state index in [2.05, 4.69) is 22.4 Å². The van der Waals surface area contributed by atoms with Gasteiger partial charge in [-0.2, -0.15) is 0 Å². The minimum Gasteiger partial charge on any atom is -0.369 e. The van der Waals surface area contributed by atoms with Crippen LogP contribution in [0.1, 0.15) is 16.7 Å². The number of amides is 1. The molecule has 1 saturated heterocycles. The van der Waals surface area contributed by atoms with Crippen molar-refractivity contribution in [1.29, 1.82) is 0 Å². The van der Waals surface area contributed by atoms with Gasteiger partial charge in [0.05, 0.1) is 10.5 Å². The minimum absolute atomic E-state index is 0.186. The number of carbonyl (C=O) groups is 1. The Balaban J connectivity index is 1.42. The average molecular weight is 513 g/mol. The van der Waals surface area contributed by atoms with Gasteiger partial charge in [-0.25, -0.2) is 4.98 Å². The Hall–Kier alpha value is -3.75. The zero-order chi connectivity index (χ0) is 24.9. The zero-order valence-corrected chi connectivity index (χ0v) is 21.1. The number of hydrogen-bond acceptors (Lipinski definition) is 6. The SMILES string of the molecule is O=C1C(=Cc2c(NCCc3ccccc3)nc3ccccn3c2=O)SC(=S)N1CCc1ccccc1. The third-order valence-electron chi connectivity index (χ3n) is 5.93. The maximum Gasteiger partial charge on any atom is 0.267 e. The third kappa shape index (κ3) is 5.24. The summed E-state index contributed by atoms with van der Waals surface area (Å²) >= 11 is 6.73. The Morgan fingerprint density at radius 3 is 2.28 bits per heavy atom. The van der Waals surface area contributed by atoms with Crippen LogP contribution in [-0.4, -0.2) is 37.6 Å². The van der Waals surface area contributed by atoms with E-state index >= 15 is 0 Å². The lowest BCUT2D eigenvalue weighted by molar-refractivity contribution is -0.122. The number of aromatic nitrogens is 2. The van der Waals surface area contributed by atoms with Crippen LogP contribution in [0.3, 0.4) is 0 Å². The van der Waals surface area contributed by atoms with Crippen LogP contribution in [0.5, 0.6) is 0 Å². The van der Waals surface area contributed by atoms with Crippen molar-refractivity contribution in [2.75, 3.05) is 18.4 Å². The topological polar surface area (TPSA) is 66.7 Å². The lowest BCUT2D eigenvalue weighted by Gasteiger charge is -2.14. The number of thiocarbonyl (C=S) groups is 1. The summed E-state index contributed by atoms with van der Waals surface area (Å²) < 4.78 is 1.99. The number of benzene rings is 2. The molecule has 1 aliphatic rings. The molecular formula is C28H24N4O2S2. The fraction of sp³-hybridized carbons (Fsp3) is 0.143. The molecule has 2 aromatic heterocycles. The van der Waals surface area contributed by atoms with Crippen LogP contribution in [-0.2, 0) is 17.6 Å². The molecule has 0 spiro atoms. The molecule has 0 bridgehead atoms. The van der Waals surface area contributed by atoms with Crippen molar-refractivity contribution in [2.45, 2.75) is 12.8 Å². The van der Waals surface area contributed by atoms with Crippen LogP contribution in [0.2, 0.25) is 0 Å². The van der Waals surface area contributed by atoms with Crippen LogP contribution in [0.4, 0.5) is 5.82 Å². The Morgan fingerprint density at radius 2 is 1.56 bits per heavy atom. The number of nitrogens with zero attached hydrogens (tertiary/aromatic N) is 3. The maximum absolute atomic E-state index is 13.4. The second-order valence-corrected chi connectivity index (χ2v) is 10.0. The van der Waals surface area contributed by atoms with Crippen molar-refractivity contribution in [2.24, 2.45) is 0 Å². The van der Waals surface area contributed by atoms with Crippen LogP contribution in [0.15, 0.2) is 94.8 Å². The van der Waals surface area contributed by atoms with Gasteiger partial charge in [-0.15, -0.1) is 0 Å². The molecule has 0 aliphatic carbocycles. The molecule has 0 atom stereocenters. The average Bonchev–Trinajstić information content (AvgIpc) is 3.18. The Bertz CT molecular complexity index is 1500. The summed E-state index contributed by atoms with van der Waals surface area (Å²) in [4.78, 5) is 33.4.